The lowest BCUT2D eigenvalue weighted by atomic mass is 9.95. The number of benzene rings is 2. The van der Waals surface area contributed by atoms with Gasteiger partial charge in [0.1, 0.15) is 5.75 Å². The van der Waals surface area contributed by atoms with E-state index >= 15 is 0 Å². The van der Waals surface area contributed by atoms with E-state index in [9.17, 15) is 4.79 Å². The smallest absolute Gasteiger partial charge is 0.261 e. The van der Waals surface area contributed by atoms with Crippen LogP contribution in [0.5, 0.6) is 5.75 Å². The maximum Gasteiger partial charge on any atom is 0.261 e. The first kappa shape index (κ1) is 18.0. The summed E-state index contributed by atoms with van der Waals surface area (Å²) in [6.07, 6.45) is 1.08. The van der Waals surface area contributed by atoms with Gasteiger partial charge in [0.05, 0.1) is 12.0 Å². The van der Waals surface area contributed by atoms with Gasteiger partial charge in [0.25, 0.3) is 5.91 Å². The Morgan fingerprint density at radius 1 is 1.26 bits per heavy atom. The van der Waals surface area contributed by atoms with Gasteiger partial charge in [-0.1, -0.05) is 30.3 Å². The van der Waals surface area contributed by atoms with Crippen molar-refractivity contribution < 1.29 is 9.53 Å². The molecule has 5 heteroatoms. The van der Waals surface area contributed by atoms with E-state index < -0.39 is 0 Å². The van der Waals surface area contributed by atoms with Crippen molar-refractivity contribution >= 4 is 27.3 Å². The second-order valence-electron chi connectivity index (χ2n) is 6.99. The molecule has 0 spiro atoms. The maximum absolute atomic E-state index is 12.5. The van der Waals surface area contributed by atoms with Crippen LogP contribution in [0.2, 0.25) is 0 Å². The first-order valence-electron chi connectivity index (χ1n) is 9.28. The summed E-state index contributed by atoms with van der Waals surface area (Å²) >= 11 is 1.61. The molecule has 1 aliphatic rings. The van der Waals surface area contributed by atoms with Gasteiger partial charge in [-0.25, -0.2) is 0 Å². The maximum atomic E-state index is 12.5. The monoisotopic (exact) mass is 380 g/mol. The summed E-state index contributed by atoms with van der Waals surface area (Å²) in [7, 11) is 3.41. The van der Waals surface area contributed by atoms with E-state index in [4.69, 9.17) is 4.74 Å². The summed E-state index contributed by atoms with van der Waals surface area (Å²) in [5.74, 6) is 1.31. The van der Waals surface area contributed by atoms with Crippen molar-refractivity contribution in [3.63, 3.8) is 0 Å². The van der Waals surface area contributed by atoms with Crippen LogP contribution in [0.3, 0.4) is 0 Å². The van der Waals surface area contributed by atoms with Gasteiger partial charge in [0, 0.05) is 30.8 Å². The first-order valence-corrected chi connectivity index (χ1v) is 10.1. The van der Waals surface area contributed by atoms with Crippen molar-refractivity contribution in [1.29, 1.82) is 0 Å². The Hall–Kier alpha value is -2.37. The lowest BCUT2D eigenvalue weighted by Gasteiger charge is -2.17. The van der Waals surface area contributed by atoms with Crippen LogP contribution < -0.4 is 10.1 Å². The minimum atomic E-state index is 0.0254. The number of carbonyl (C=O) groups excluding carboxylic acids is 1. The average Bonchev–Trinajstić information content (AvgIpc) is 3.31. The number of methoxy groups -OCH3 is 1. The Bertz CT molecular complexity index is 966. The topological polar surface area (TPSA) is 41.6 Å². The Morgan fingerprint density at radius 2 is 2.11 bits per heavy atom. The fourth-order valence-electron chi connectivity index (χ4n) is 3.99. The van der Waals surface area contributed by atoms with Crippen LogP contribution in [0.4, 0.5) is 0 Å². The standard InChI is InChI=1S/C22H24N2O2S/c1-23-22(25)21-20(18-8-3-4-9-19(18)27-21)16-10-11-24(14-16)13-15-6-5-7-17(12-15)26-2/h3-9,12,16H,10-11,13-14H2,1-2H3,(H,23,25)/t16-/m1/s1. The third-order valence-corrected chi connectivity index (χ3v) is 6.47. The average molecular weight is 381 g/mol. The van der Waals surface area contributed by atoms with Gasteiger partial charge < -0.3 is 10.1 Å². The summed E-state index contributed by atoms with van der Waals surface area (Å²) in [4.78, 5) is 15.8. The Balaban J connectivity index is 1.59. The fourth-order valence-corrected chi connectivity index (χ4v) is 5.23. The van der Waals surface area contributed by atoms with Crippen LogP contribution in [0.25, 0.3) is 10.1 Å². The van der Waals surface area contributed by atoms with Crippen LogP contribution in [0, 0.1) is 0 Å². The van der Waals surface area contributed by atoms with Gasteiger partial charge in [0.2, 0.25) is 0 Å². The number of hydrogen-bond acceptors (Lipinski definition) is 4. The zero-order chi connectivity index (χ0) is 18.8. The third kappa shape index (κ3) is 3.57. The van der Waals surface area contributed by atoms with Crippen molar-refractivity contribution in [2.45, 2.75) is 18.9 Å². The van der Waals surface area contributed by atoms with Gasteiger partial charge in [-0.05, 0) is 47.7 Å². The lowest BCUT2D eigenvalue weighted by Crippen LogP contribution is -2.21. The van der Waals surface area contributed by atoms with Crippen LogP contribution in [0.1, 0.15) is 33.1 Å². The summed E-state index contributed by atoms with van der Waals surface area (Å²) in [5.41, 5.74) is 2.49. The van der Waals surface area contributed by atoms with Crippen molar-refractivity contribution in [2.24, 2.45) is 0 Å². The number of amides is 1. The molecule has 0 saturated carbocycles. The molecule has 2 heterocycles. The highest BCUT2D eigenvalue weighted by Crippen LogP contribution is 2.40. The first-order chi connectivity index (χ1) is 13.2. The molecule has 2 aromatic carbocycles. The van der Waals surface area contributed by atoms with Gasteiger partial charge in [-0.3, -0.25) is 9.69 Å². The lowest BCUT2D eigenvalue weighted by molar-refractivity contribution is 0.0966. The molecule has 4 rings (SSSR count). The van der Waals surface area contributed by atoms with E-state index in [1.807, 2.05) is 18.2 Å². The van der Waals surface area contributed by atoms with Gasteiger partial charge in [-0.15, -0.1) is 11.3 Å². The normalized spacial score (nSPS) is 17.3. The van der Waals surface area contributed by atoms with E-state index in [0.717, 1.165) is 36.7 Å². The van der Waals surface area contributed by atoms with Crippen molar-refractivity contribution in [2.75, 3.05) is 27.2 Å². The molecule has 0 unspecified atom stereocenters. The Morgan fingerprint density at radius 3 is 2.93 bits per heavy atom. The molecule has 1 aliphatic heterocycles. The molecule has 0 bridgehead atoms. The number of nitrogens with zero attached hydrogens (tertiary/aromatic N) is 1. The van der Waals surface area contributed by atoms with Crippen molar-refractivity contribution in [3.8, 4) is 5.75 Å². The van der Waals surface area contributed by atoms with E-state index in [-0.39, 0.29) is 5.91 Å². The molecule has 27 heavy (non-hydrogen) atoms. The quantitative estimate of drug-likeness (QED) is 0.719. The Labute approximate surface area is 163 Å². The zero-order valence-electron chi connectivity index (χ0n) is 15.7. The Kier molecular flexibility index (Phi) is 5.14. The molecule has 1 aromatic heterocycles. The number of likely N-dealkylation sites (tertiary alicyclic amines) is 1. The SMILES string of the molecule is CNC(=O)c1sc2ccccc2c1[C@@H]1CCN(Cc2cccc(OC)c2)C1. The molecule has 1 N–H and O–H groups in total. The van der Waals surface area contributed by atoms with Crippen LogP contribution in [-0.2, 0) is 6.54 Å². The minimum Gasteiger partial charge on any atom is -0.497 e. The number of rotatable bonds is 5. The third-order valence-electron chi connectivity index (χ3n) is 5.29. The molecule has 4 nitrogen and oxygen atoms in total. The molecular formula is C22H24N2O2S. The second-order valence-corrected chi connectivity index (χ2v) is 8.04. The van der Waals surface area contributed by atoms with E-state index in [1.165, 1.54) is 21.2 Å². The molecular weight excluding hydrogens is 356 g/mol. The summed E-state index contributed by atoms with van der Waals surface area (Å²) < 4.78 is 6.53. The highest BCUT2D eigenvalue weighted by molar-refractivity contribution is 7.21. The largest absolute Gasteiger partial charge is 0.497 e. The fraction of sp³-hybridized carbons (Fsp3) is 0.318. The molecule has 1 fully saturated rings. The van der Waals surface area contributed by atoms with Gasteiger partial charge in [0.15, 0.2) is 0 Å². The molecule has 3 aromatic rings. The minimum absolute atomic E-state index is 0.0254. The number of fused-ring (bicyclic) bond motifs is 1. The highest BCUT2D eigenvalue weighted by Gasteiger charge is 2.30. The van der Waals surface area contributed by atoms with E-state index in [2.05, 4.69) is 40.5 Å². The van der Waals surface area contributed by atoms with Crippen LogP contribution >= 0.6 is 11.3 Å². The predicted molar refractivity (Wildman–Crippen MR) is 111 cm³/mol. The molecule has 1 saturated heterocycles. The van der Waals surface area contributed by atoms with E-state index in [1.54, 1.807) is 25.5 Å². The number of hydrogen-bond donors (Lipinski definition) is 1. The second kappa shape index (κ2) is 7.71. The number of nitrogens with one attached hydrogen (secondary N) is 1. The zero-order valence-corrected chi connectivity index (χ0v) is 16.5. The predicted octanol–water partition coefficient (Wildman–Crippen LogP) is 4.26. The van der Waals surface area contributed by atoms with E-state index in [0.29, 0.717) is 5.92 Å². The van der Waals surface area contributed by atoms with Gasteiger partial charge >= 0.3 is 0 Å². The summed E-state index contributed by atoms with van der Waals surface area (Å²) in [6.45, 7) is 2.92. The molecule has 0 aliphatic carbocycles. The number of thiophene rings is 1. The number of ether oxygens (including phenoxy) is 1. The molecule has 0 radical (unpaired) electrons. The summed E-state index contributed by atoms with van der Waals surface area (Å²) in [5, 5.41) is 4.04. The van der Waals surface area contributed by atoms with Crippen molar-refractivity contribution in [1.82, 2.24) is 10.2 Å². The van der Waals surface area contributed by atoms with Crippen molar-refractivity contribution in [3.05, 3.63) is 64.5 Å². The van der Waals surface area contributed by atoms with Crippen LogP contribution in [-0.4, -0.2) is 38.1 Å². The summed E-state index contributed by atoms with van der Waals surface area (Å²) in [6, 6.07) is 16.6. The van der Waals surface area contributed by atoms with Crippen LogP contribution in [0.15, 0.2) is 48.5 Å². The molecule has 140 valence electrons. The van der Waals surface area contributed by atoms with Gasteiger partial charge in [-0.2, -0.15) is 0 Å². The highest BCUT2D eigenvalue weighted by atomic mass is 32.1. The molecule has 1 atom stereocenters. The number of carbonyl (C=O) groups is 1. The molecule has 1 amide bonds.